The number of para-hydroxylation sites is 1. The largest absolute Gasteiger partial charge is 0.438 e. The van der Waals surface area contributed by atoms with Gasteiger partial charge in [-0.1, -0.05) is 30.7 Å². The maximum atomic E-state index is 6.14. The number of hydrogen-bond donors (Lipinski definition) is 1. The molecule has 0 bridgehead atoms. The van der Waals surface area contributed by atoms with E-state index in [0.29, 0.717) is 17.4 Å². The molecule has 0 aliphatic rings. The molecule has 5 heteroatoms. The molecule has 0 saturated heterocycles. The summed E-state index contributed by atoms with van der Waals surface area (Å²) in [7, 11) is 0. The molecule has 0 aliphatic heterocycles. The van der Waals surface area contributed by atoms with Crippen molar-refractivity contribution in [2.45, 2.75) is 19.9 Å². The minimum absolute atomic E-state index is 0.537. The third-order valence-electron chi connectivity index (χ3n) is 2.66. The van der Waals surface area contributed by atoms with Gasteiger partial charge in [0.15, 0.2) is 0 Å². The molecule has 0 atom stereocenters. The van der Waals surface area contributed by atoms with Gasteiger partial charge in [-0.25, -0.2) is 4.98 Å². The van der Waals surface area contributed by atoms with E-state index in [2.05, 4.69) is 33.2 Å². The fraction of sp³-hybridized carbons (Fsp3) is 0.267. The Labute approximate surface area is 132 Å². The van der Waals surface area contributed by atoms with Crippen molar-refractivity contribution in [3.63, 3.8) is 0 Å². The molecule has 0 spiro atoms. The topological polar surface area (TPSA) is 34.2 Å². The zero-order chi connectivity index (χ0) is 14.4. The lowest BCUT2D eigenvalue weighted by molar-refractivity contribution is 0.457. The average molecular weight is 356 g/mol. The van der Waals surface area contributed by atoms with Crippen molar-refractivity contribution >= 4 is 27.5 Å². The molecule has 0 aliphatic carbocycles. The molecule has 2 rings (SSSR count). The van der Waals surface area contributed by atoms with Crippen LogP contribution in [0.15, 0.2) is 40.9 Å². The predicted molar refractivity (Wildman–Crippen MR) is 85.5 cm³/mol. The van der Waals surface area contributed by atoms with Crippen LogP contribution in [0.4, 0.5) is 0 Å². The highest BCUT2D eigenvalue weighted by Gasteiger charge is 2.07. The number of nitrogens with one attached hydrogen (secondary N) is 1. The molecule has 0 unspecified atom stereocenters. The first kappa shape index (κ1) is 15.3. The van der Waals surface area contributed by atoms with Crippen molar-refractivity contribution in [1.29, 1.82) is 0 Å². The second-order valence-electron chi connectivity index (χ2n) is 4.29. The summed E-state index contributed by atoms with van der Waals surface area (Å²) >= 11 is 9.59. The SMILES string of the molecule is CCCNCc1nc(Oc2ccccc2Br)ccc1Cl. The molecule has 1 heterocycles. The van der Waals surface area contributed by atoms with Crippen LogP contribution in [0.1, 0.15) is 19.0 Å². The Morgan fingerprint density at radius 1 is 1.25 bits per heavy atom. The summed E-state index contributed by atoms with van der Waals surface area (Å²) in [5, 5.41) is 3.93. The maximum Gasteiger partial charge on any atom is 0.219 e. The summed E-state index contributed by atoms with van der Waals surface area (Å²) < 4.78 is 6.66. The number of hydrogen-bond acceptors (Lipinski definition) is 3. The Kier molecular flexibility index (Phi) is 5.83. The van der Waals surface area contributed by atoms with Gasteiger partial charge in [0.05, 0.1) is 15.2 Å². The lowest BCUT2D eigenvalue weighted by Gasteiger charge is -2.10. The second-order valence-corrected chi connectivity index (χ2v) is 5.55. The summed E-state index contributed by atoms with van der Waals surface area (Å²) in [5.41, 5.74) is 0.796. The van der Waals surface area contributed by atoms with Gasteiger partial charge in [0, 0.05) is 12.6 Å². The summed E-state index contributed by atoms with van der Waals surface area (Å²) in [6.07, 6.45) is 1.07. The van der Waals surface area contributed by atoms with Crippen LogP contribution in [-0.2, 0) is 6.54 Å². The highest BCUT2D eigenvalue weighted by Crippen LogP contribution is 2.29. The monoisotopic (exact) mass is 354 g/mol. The van der Waals surface area contributed by atoms with Crippen LogP contribution in [0.3, 0.4) is 0 Å². The van der Waals surface area contributed by atoms with E-state index in [4.69, 9.17) is 16.3 Å². The molecule has 106 valence electrons. The Hall–Kier alpha value is -1.10. The van der Waals surface area contributed by atoms with Crippen LogP contribution in [-0.4, -0.2) is 11.5 Å². The average Bonchev–Trinajstić information content (AvgIpc) is 2.45. The van der Waals surface area contributed by atoms with Crippen LogP contribution in [0, 0.1) is 0 Å². The molecule has 20 heavy (non-hydrogen) atoms. The van der Waals surface area contributed by atoms with Gasteiger partial charge < -0.3 is 10.1 Å². The van der Waals surface area contributed by atoms with Gasteiger partial charge in [-0.2, -0.15) is 0 Å². The van der Waals surface area contributed by atoms with Gasteiger partial charge >= 0.3 is 0 Å². The van der Waals surface area contributed by atoms with Crippen LogP contribution in [0.5, 0.6) is 11.6 Å². The van der Waals surface area contributed by atoms with E-state index in [1.54, 1.807) is 6.07 Å². The zero-order valence-electron chi connectivity index (χ0n) is 11.2. The zero-order valence-corrected chi connectivity index (χ0v) is 13.5. The number of benzene rings is 1. The Morgan fingerprint density at radius 2 is 2.05 bits per heavy atom. The van der Waals surface area contributed by atoms with E-state index in [1.165, 1.54) is 0 Å². The number of rotatable bonds is 6. The number of ether oxygens (including phenoxy) is 1. The number of halogens is 2. The molecule has 1 aromatic carbocycles. The fourth-order valence-electron chi connectivity index (χ4n) is 1.67. The van der Waals surface area contributed by atoms with Crippen molar-refractivity contribution in [3.05, 3.63) is 51.6 Å². The van der Waals surface area contributed by atoms with Crippen molar-refractivity contribution in [1.82, 2.24) is 10.3 Å². The van der Waals surface area contributed by atoms with Crippen molar-refractivity contribution in [2.75, 3.05) is 6.54 Å². The lowest BCUT2D eigenvalue weighted by atomic mass is 10.3. The summed E-state index contributed by atoms with van der Waals surface area (Å²) in [4.78, 5) is 4.44. The smallest absolute Gasteiger partial charge is 0.219 e. The number of aromatic nitrogens is 1. The molecule has 0 amide bonds. The quantitative estimate of drug-likeness (QED) is 0.757. The van der Waals surface area contributed by atoms with E-state index >= 15 is 0 Å². The minimum atomic E-state index is 0.537. The predicted octanol–water partition coefficient (Wildman–Crippen LogP) is 4.79. The molecular weight excluding hydrogens is 340 g/mol. The van der Waals surface area contributed by atoms with E-state index in [0.717, 1.165) is 28.9 Å². The molecule has 3 nitrogen and oxygen atoms in total. The first-order valence-electron chi connectivity index (χ1n) is 6.49. The van der Waals surface area contributed by atoms with Crippen LogP contribution in [0.2, 0.25) is 5.02 Å². The molecule has 1 aromatic heterocycles. The van der Waals surface area contributed by atoms with Crippen LogP contribution < -0.4 is 10.1 Å². The first-order valence-corrected chi connectivity index (χ1v) is 7.66. The Balaban J connectivity index is 2.13. The van der Waals surface area contributed by atoms with Gasteiger partial charge in [0.2, 0.25) is 5.88 Å². The van der Waals surface area contributed by atoms with Gasteiger partial charge in [-0.15, -0.1) is 0 Å². The van der Waals surface area contributed by atoms with Crippen LogP contribution in [0.25, 0.3) is 0 Å². The van der Waals surface area contributed by atoms with E-state index in [1.807, 2.05) is 30.3 Å². The number of nitrogens with zero attached hydrogens (tertiary/aromatic N) is 1. The molecule has 1 N–H and O–H groups in total. The number of pyridine rings is 1. The Morgan fingerprint density at radius 3 is 2.80 bits per heavy atom. The van der Waals surface area contributed by atoms with Crippen LogP contribution >= 0.6 is 27.5 Å². The fourth-order valence-corrected chi connectivity index (χ4v) is 2.21. The van der Waals surface area contributed by atoms with E-state index in [-0.39, 0.29) is 0 Å². The molecular formula is C15H16BrClN2O. The van der Waals surface area contributed by atoms with Crippen molar-refractivity contribution in [2.24, 2.45) is 0 Å². The third kappa shape index (κ3) is 4.20. The first-order chi connectivity index (χ1) is 9.70. The normalized spacial score (nSPS) is 10.6. The Bertz CT molecular complexity index is 578. The minimum Gasteiger partial charge on any atom is -0.438 e. The van der Waals surface area contributed by atoms with Gasteiger partial charge in [0.25, 0.3) is 0 Å². The second kappa shape index (κ2) is 7.62. The highest BCUT2D eigenvalue weighted by molar-refractivity contribution is 9.10. The molecule has 0 saturated carbocycles. The lowest BCUT2D eigenvalue weighted by Crippen LogP contribution is -2.15. The van der Waals surface area contributed by atoms with Crippen molar-refractivity contribution < 1.29 is 4.74 Å². The maximum absolute atomic E-state index is 6.14. The third-order valence-corrected chi connectivity index (χ3v) is 3.66. The molecule has 2 aromatic rings. The summed E-state index contributed by atoms with van der Waals surface area (Å²) in [6.45, 7) is 3.70. The molecule has 0 radical (unpaired) electrons. The van der Waals surface area contributed by atoms with Gasteiger partial charge in [-0.3, -0.25) is 0 Å². The van der Waals surface area contributed by atoms with Gasteiger partial charge in [0.1, 0.15) is 5.75 Å². The van der Waals surface area contributed by atoms with Gasteiger partial charge in [-0.05, 0) is 47.1 Å². The standard InChI is InChI=1S/C15H16BrClN2O/c1-2-9-18-10-13-12(17)7-8-15(19-13)20-14-6-4-3-5-11(14)16/h3-8,18H,2,9-10H2,1H3. The molecule has 0 fully saturated rings. The van der Waals surface area contributed by atoms with Crippen molar-refractivity contribution in [3.8, 4) is 11.6 Å². The van der Waals surface area contributed by atoms with E-state index in [9.17, 15) is 0 Å². The summed E-state index contributed by atoms with van der Waals surface area (Å²) in [6, 6.07) is 11.2. The highest BCUT2D eigenvalue weighted by atomic mass is 79.9. The summed E-state index contributed by atoms with van der Waals surface area (Å²) in [5.74, 6) is 1.27. The van der Waals surface area contributed by atoms with E-state index < -0.39 is 0 Å².